The van der Waals surface area contributed by atoms with Gasteiger partial charge < -0.3 is 10.4 Å². The van der Waals surface area contributed by atoms with Gasteiger partial charge in [-0.25, -0.2) is 9.99 Å². The molecule has 1 fully saturated rings. The molecule has 1 aliphatic rings. The average Bonchev–Trinajstić information content (AvgIpc) is 2.19. The maximum Gasteiger partial charge on any atom is 0.252 e. The Hall–Kier alpha value is -1.36. The normalized spacial score (nSPS) is 18.0. The molecule has 0 aliphatic carbocycles. The van der Waals surface area contributed by atoms with E-state index in [-0.39, 0.29) is 5.56 Å². The monoisotopic (exact) mass is 194 g/mol. The maximum atomic E-state index is 11.0. The van der Waals surface area contributed by atoms with Gasteiger partial charge in [-0.05, 0) is 12.8 Å². The van der Waals surface area contributed by atoms with E-state index in [1.165, 1.54) is 31.7 Å². The summed E-state index contributed by atoms with van der Waals surface area (Å²) in [4.78, 5) is 17.5. The smallest absolute Gasteiger partial charge is 0.252 e. The lowest BCUT2D eigenvalue weighted by atomic mass is 10.2. The van der Waals surface area contributed by atoms with Crippen molar-refractivity contribution in [2.75, 3.05) is 18.5 Å². The van der Waals surface area contributed by atoms with Crippen LogP contribution in [0.1, 0.15) is 19.3 Å². The summed E-state index contributed by atoms with van der Waals surface area (Å²) in [7, 11) is 0. The van der Waals surface area contributed by atoms with Crippen molar-refractivity contribution >= 4 is 5.82 Å². The van der Waals surface area contributed by atoms with Crippen LogP contribution in [-0.2, 0) is 0 Å². The van der Waals surface area contributed by atoms with Crippen molar-refractivity contribution in [3.63, 3.8) is 0 Å². The quantitative estimate of drug-likeness (QED) is 0.723. The Morgan fingerprint density at radius 1 is 1.36 bits per heavy atom. The molecule has 0 spiro atoms. The SMILES string of the molecule is O=c1cc(NN2CCCCC2)nc[nH]1. The first kappa shape index (κ1) is 9.21. The van der Waals surface area contributed by atoms with Crippen LogP contribution < -0.4 is 11.0 Å². The molecule has 1 aromatic rings. The van der Waals surface area contributed by atoms with Gasteiger partial charge in [-0.3, -0.25) is 4.79 Å². The topological polar surface area (TPSA) is 61.0 Å². The molecular weight excluding hydrogens is 180 g/mol. The van der Waals surface area contributed by atoms with Crippen molar-refractivity contribution in [2.24, 2.45) is 0 Å². The number of anilines is 1. The van der Waals surface area contributed by atoms with E-state index < -0.39 is 0 Å². The molecule has 76 valence electrons. The lowest BCUT2D eigenvalue weighted by Gasteiger charge is -2.26. The Labute approximate surface area is 82.1 Å². The first-order valence-corrected chi connectivity index (χ1v) is 4.91. The zero-order valence-electron chi connectivity index (χ0n) is 7.99. The van der Waals surface area contributed by atoms with Gasteiger partial charge >= 0.3 is 0 Å². The van der Waals surface area contributed by atoms with E-state index in [1.54, 1.807) is 0 Å². The van der Waals surface area contributed by atoms with Crippen LogP contribution in [0.25, 0.3) is 0 Å². The second-order valence-electron chi connectivity index (χ2n) is 3.46. The number of rotatable bonds is 2. The second kappa shape index (κ2) is 4.23. The molecule has 2 heterocycles. The summed E-state index contributed by atoms with van der Waals surface area (Å²) in [5.74, 6) is 0.621. The van der Waals surface area contributed by atoms with Crippen molar-refractivity contribution in [1.29, 1.82) is 0 Å². The van der Waals surface area contributed by atoms with Crippen molar-refractivity contribution in [1.82, 2.24) is 15.0 Å². The highest BCUT2D eigenvalue weighted by molar-refractivity contribution is 5.30. The third kappa shape index (κ3) is 2.32. The number of hydrazine groups is 1. The van der Waals surface area contributed by atoms with Gasteiger partial charge in [0.15, 0.2) is 0 Å². The highest BCUT2D eigenvalue weighted by Gasteiger charge is 2.09. The Morgan fingerprint density at radius 2 is 2.14 bits per heavy atom. The lowest BCUT2D eigenvalue weighted by Crippen LogP contribution is -2.35. The van der Waals surface area contributed by atoms with Gasteiger partial charge in [0.2, 0.25) is 0 Å². The molecule has 0 bridgehead atoms. The van der Waals surface area contributed by atoms with Gasteiger partial charge in [-0.2, -0.15) is 0 Å². The molecule has 1 saturated heterocycles. The summed E-state index contributed by atoms with van der Waals surface area (Å²) in [6.07, 6.45) is 5.11. The molecule has 0 amide bonds. The third-order valence-corrected chi connectivity index (χ3v) is 2.31. The number of piperidine rings is 1. The zero-order chi connectivity index (χ0) is 9.80. The number of hydrogen-bond donors (Lipinski definition) is 2. The van der Waals surface area contributed by atoms with E-state index >= 15 is 0 Å². The Kier molecular flexibility index (Phi) is 2.78. The Morgan fingerprint density at radius 3 is 2.86 bits per heavy atom. The van der Waals surface area contributed by atoms with Crippen molar-refractivity contribution in [2.45, 2.75) is 19.3 Å². The van der Waals surface area contributed by atoms with Gasteiger partial charge in [0, 0.05) is 19.2 Å². The predicted molar refractivity (Wildman–Crippen MR) is 53.9 cm³/mol. The molecule has 1 aliphatic heterocycles. The van der Waals surface area contributed by atoms with Crippen LogP contribution in [-0.4, -0.2) is 28.1 Å². The number of nitrogens with zero attached hydrogens (tertiary/aromatic N) is 2. The van der Waals surface area contributed by atoms with Crippen molar-refractivity contribution < 1.29 is 0 Å². The molecular formula is C9H14N4O. The second-order valence-corrected chi connectivity index (χ2v) is 3.46. The zero-order valence-corrected chi connectivity index (χ0v) is 7.99. The number of H-pyrrole nitrogens is 1. The van der Waals surface area contributed by atoms with E-state index in [2.05, 4.69) is 20.4 Å². The minimum Gasteiger partial charge on any atom is -0.313 e. The van der Waals surface area contributed by atoms with E-state index in [0.717, 1.165) is 13.1 Å². The molecule has 5 heteroatoms. The largest absolute Gasteiger partial charge is 0.313 e. The summed E-state index contributed by atoms with van der Waals surface area (Å²) in [5.41, 5.74) is 3.00. The summed E-state index contributed by atoms with van der Waals surface area (Å²) >= 11 is 0. The molecule has 0 saturated carbocycles. The molecule has 0 radical (unpaired) electrons. The minimum absolute atomic E-state index is 0.125. The van der Waals surface area contributed by atoms with Gasteiger partial charge in [0.05, 0.1) is 6.33 Å². The van der Waals surface area contributed by atoms with Crippen LogP contribution in [0.2, 0.25) is 0 Å². The molecule has 5 nitrogen and oxygen atoms in total. The summed E-state index contributed by atoms with van der Waals surface area (Å²) < 4.78 is 0. The summed E-state index contributed by atoms with van der Waals surface area (Å²) in [5, 5.41) is 2.10. The average molecular weight is 194 g/mol. The van der Waals surface area contributed by atoms with Crippen LogP contribution in [0.5, 0.6) is 0 Å². The maximum absolute atomic E-state index is 11.0. The van der Waals surface area contributed by atoms with Crippen molar-refractivity contribution in [3.05, 3.63) is 22.7 Å². The number of aromatic amines is 1. The van der Waals surface area contributed by atoms with Crippen LogP contribution in [0, 0.1) is 0 Å². The lowest BCUT2D eigenvalue weighted by molar-refractivity contribution is 0.272. The number of hydrogen-bond acceptors (Lipinski definition) is 4. The Bertz CT molecular complexity index is 343. The molecule has 0 atom stereocenters. The summed E-state index contributed by atoms with van der Waals surface area (Å²) in [6.45, 7) is 2.04. The van der Waals surface area contributed by atoms with Crippen LogP contribution in [0.4, 0.5) is 5.82 Å². The molecule has 14 heavy (non-hydrogen) atoms. The fourth-order valence-electron chi connectivity index (χ4n) is 1.60. The predicted octanol–water partition coefficient (Wildman–Crippen LogP) is 0.583. The standard InChI is InChI=1S/C9H14N4O/c14-9-6-8(10-7-11-9)12-13-4-2-1-3-5-13/h6-7H,1-5H2,(H2,10,11,12,14). The molecule has 1 aromatic heterocycles. The highest BCUT2D eigenvalue weighted by Crippen LogP contribution is 2.09. The van der Waals surface area contributed by atoms with Crippen LogP contribution >= 0.6 is 0 Å². The van der Waals surface area contributed by atoms with Gasteiger partial charge in [-0.15, -0.1) is 0 Å². The molecule has 2 rings (SSSR count). The first-order chi connectivity index (χ1) is 6.84. The Balaban J connectivity index is 1.99. The van der Waals surface area contributed by atoms with Gasteiger partial charge in [-0.1, -0.05) is 6.42 Å². The minimum atomic E-state index is -0.125. The van der Waals surface area contributed by atoms with E-state index in [1.807, 2.05) is 0 Å². The van der Waals surface area contributed by atoms with Gasteiger partial charge in [0.1, 0.15) is 5.82 Å². The molecule has 0 unspecified atom stereocenters. The van der Waals surface area contributed by atoms with E-state index in [9.17, 15) is 4.79 Å². The van der Waals surface area contributed by atoms with Gasteiger partial charge in [0.25, 0.3) is 5.56 Å². The first-order valence-electron chi connectivity index (χ1n) is 4.91. The van der Waals surface area contributed by atoms with Crippen LogP contribution in [0.3, 0.4) is 0 Å². The summed E-state index contributed by atoms with van der Waals surface area (Å²) in [6, 6.07) is 1.47. The van der Waals surface area contributed by atoms with E-state index in [4.69, 9.17) is 0 Å². The van der Waals surface area contributed by atoms with Crippen molar-refractivity contribution in [3.8, 4) is 0 Å². The fraction of sp³-hybridized carbons (Fsp3) is 0.556. The van der Waals surface area contributed by atoms with Crippen LogP contribution in [0.15, 0.2) is 17.2 Å². The third-order valence-electron chi connectivity index (χ3n) is 2.31. The molecule has 0 aromatic carbocycles. The van der Waals surface area contributed by atoms with E-state index in [0.29, 0.717) is 5.82 Å². The number of nitrogens with one attached hydrogen (secondary N) is 2. The highest BCUT2D eigenvalue weighted by atomic mass is 16.1. The molecule has 2 N–H and O–H groups in total. The number of aromatic nitrogens is 2. The fourth-order valence-corrected chi connectivity index (χ4v) is 1.60.